The van der Waals surface area contributed by atoms with Gasteiger partial charge in [0.2, 0.25) is 0 Å². The summed E-state index contributed by atoms with van der Waals surface area (Å²) in [5.74, 6) is -2.17. The molecule has 0 unspecified atom stereocenters. The number of carbonyl (C=O) groups is 1. The van der Waals surface area contributed by atoms with E-state index in [1.54, 1.807) is 26.8 Å². The van der Waals surface area contributed by atoms with E-state index in [0.29, 0.717) is 12.5 Å². The normalized spacial score (nSPS) is 12.4. The summed E-state index contributed by atoms with van der Waals surface area (Å²) in [6.45, 7) is 5.02. The molecule has 0 heterocycles. The number of benzene rings is 3. The summed E-state index contributed by atoms with van der Waals surface area (Å²) in [5.41, 5.74) is -3.47. The van der Waals surface area contributed by atoms with Crippen LogP contribution in [0.1, 0.15) is 48.7 Å². The second-order valence-corrected chi connectivity index (χ2v) is 8.39. The zero-order valence-corrected chi connectivity index (χ0v) is 19.1. The molecule has 0 atom stereocenters. The fourth-order valence-electron chi connectivity index (χ4n) is 3.14. The van der Waals surface area contributed by atoms with Crippen LogP contribution in [0.4, 0.5) is 26.3 Å². The average Bonchev–Trinajstić information content (AvgIpc) is 2.78. The van der Waals surface area contributed by atoms with Crippen LogP contribution < -0.4 is 9.47 Å². The number of halogens is 6. The number of carbonyl (C=O) groups excluding carboxylic acids is 1. The number of esters is 1. The van der Waals surface area contributed by atoms with Crippen LogP contribution >= 0.6 is 0 Å². The van der Waals surface area contributed by atoms with E-state index in [-0.39, 0.29) is 16.7 Å². The monoisotopic (exact) mass is 496 g/mol. The van der Waals surface area contributed by atoms with Crippen molar-refractivity contribution < 1.29 is 40.6 Å². The van der Waals surface area contributed by atoms with Gasteiger partial charge in [-0.25, -0.2) is 4.79 Å². The van der Waals surface area contributed by atoms with E-state index in [4.69, 9.17) is 9.47 Å². The van der Waals surface area contributed by atoms with Crippen molar-refractivity contribution >= 4 is 5.97 Å². The Hall–Kier alpha value is -3.49. The molecule has 3 nitrogen and oxygen atoms in total. The SMILES string of the molecule is CCC(C)(C)Oc1ccc(-c2ccc(OC(=O)c3ccccc3)c(C(F)(F)F)c2)cc1C(F)(F)F. The lowest BCUT2D eigenvalue weighted by atomic mass is 9.99. The smallest absolute Gasteiger partial charge is 0.420 e. The molecule has 3 aromatic carbocycles. The molecule has 35 heavy (non-hydrogen) atoms. The third kappa shape index (κ3) is 6.35. The number of alkyl halides is 6. The van der Waals surface area contributed by atoms with Gasteiger partial charge in [0.15, 0.2) is 0 Å². The van der Waals surface area contributed by atoms with Gasteiger partial charge in [0.05, 0.1) is 16.7 Å². The first-order chi connectivity index (χ1) is 16.2. The molecule has 0 amide bonds. The van der Waals surface area contributed by atoms with Gasteiger partial charge in [0, 0.05) is 0 Å². The molecule has 3 rings (SSSR count). The van der Waals surface area contributed by atoms with Crippen molar-refractivity contribution in [2.45, 2.75) is 45.1 Å². The summed E-state index contributed by atoms with van der Waals surface area (Å²) in [6, 6.07) is 13.2. The van der Waals surface area contributed by atoms with Crippen molar-refractivity contribution in [2.24, 2.45) is 0 Å². The van der Waals surface area contributed by atoms with Crippen LogP contribution in [0.3, 0.4) is 0 Å². The molecule has 0 aromatic heterocycles. The molecular weight excluding hydrogens is 474 g/mol. The van der Waals surface area contributed by atoms with Gasteiger partial charge in [0.25, 0.3) is 0 Å². The zero-order valence-electron chi connectivity index (χ0n) is 19.1. The van der Waals surface area contributed by atoms with Gasteiger partial charge >= 0.3 is 18.3 Å². The van der Waals surface area contributed by atoms with E-state index in [9.17, 15) is 31.1 Å². The highest BCUT2D eigenvalue weighted by molar-refractivity contribution is 5.91. The Labute approximate surface area is 198 Å². The Balaban J connectivity index is 2.04. The minimum atomic E-state index is -4.93. The van der Waals surface area contributed by atoms with Gasteiger partial charge in [0.1, 0.15) is 17.1 Å². The Kier molecular flexibility index (Phi) is 7.19. The van der Waals surface area contributed by atoms with Gasteiger partial charge in [-0.15, -0.1) is 0 Å². The van der Waals surface area contributed by atoms with Crippen LogP contribution in [0.2, 0.25) is 0 Å². The predicted octanol–water partition coefficient (Wildman–Crippen LogP) is 8.18. The van der Waals surface area contributed by atoms with E-state index in [1.807, 2.05) is 0 Å². The van der Waals surface area contributed by atoms with Crippen molar-refractivity contribution in [3.05, 3.63) is 83.4 Å². The molecule has 3 aromatic rings. The molecule has 0 spiro atoms. The molecule has 0 saturated heterocycles. The fourth-order valence-corrected chi connectivity index (χ4v) is 3.14. The molecule has 0 aliphatic rings. The lowest BCUT2D eigenvalue weighted by Gasteiger charge is -2.27. The first-order valence-corrected chi connectivity index (χ1v) is 10.6. The van der Waals surface area contributed by atoms with Crippen LogP contribution in [0.15, 0.2) is 66.7 Å². The third-order valence-electron chi connectivity index (χ3n) is 5.35. The van der Waals surface area contributed by atoms with Crippen molar-refractivity contribution in [3.8, 4) is 22.6 Å². The van der Waals surface area contributed by atoms with Crippen molar-refractivity contribution in [2.75, 3.05) is 0 Å². The maximum Gasteiger partial charge on any atom is 0.420 e. The molecule has 9 heteroatoms. The summed E-state index contributed by atoms with van der Waals surface area (Å²) in [5, 5.41) is 0. The molecule has 0 aliphatic heterocycles. The lowest BCUT2D eigenvalue weighted by Crippen LogP contribution is -2.28. The molecule has 0 aliphatic carbocycles. The van der Waals surface area contributed by atoms with Gasteiger partial charge in [-0.1, -0.05) is 37.3 Å². The first-order valence-electron chi connectivity index (χ1n) is 10.6. The number of hydrogen-bond acceptors (Lipinski definition) is 3. The van der Waals surface area contributed by atoms with Crippen molar-refractivity contribution in [1.82, 2.24) is 0 Å². The number of ether oxygens (including phenoxy) is 2. The van der Waals surface area contributed by atoms with Crippen LogP contribution in [0, 0.1) is 0 Å². The molecule has 0 fully saturated rings. The second-order valence-electron chi connectivity index (χ2n) is 8.39. The van der Waals surface area contributed by atoms with E-state index < -0.39 is 46.5 Å². The average molecular weight is 496 g/mol. The fraction of sp³-hybridized carbons (Fsp3) is 0.269. The molecule has 0 saturated carbocycles. The third-order valence-corrected chi connectivity index (χ3v) is 5.35. The first kappa shape index (κ1) is 26.1. The summed E-state index contributed by atoms with van der Waals surface area (Å²) in [4.78, 5) is 12.3. The van der Waals surface area contributed by atoms with Crippen LogP contribution in [-0.4, -0.2) is 11.6 Å². The maximum absolute atomic E-state index is 13.8. The van der Waals surface area contributed by atoms with Crippen molar-refractivity contribution in [1.29, 1.82) is 0 Å². The minimum Gasteiger partial charge on any atom is -0.487 e. The van der Waals surface area contributed by atoms with E-state index in [0.717, 1.165) is 24.3 Å². The van der Waals surface area contributed by atoms with E-state index >= 15 is 0 Å². The van der Waals surface area contributed by atoms with Gasteiger partial charge in [-0.3, -0.25) is 0 Å². The van der Waals surface area contributed by atoms with Crippen LogP contribution in [0.5, 0.6) is 11.5 Å². The summed E-state index contributed by atoms with van der Waals surface area (Å²) in [7, 11) is 0. The van der Waals surface area contributed by atoms with Gasteiger partial charge in [-0.2, -0.15) is 26.3 Å². The molecule has 0 bridgehead atoms. The van der Waals surface area contributed by atoms with Crippen LogP contribution in [0.25, 0.3) is 11.1 Å². The lowest BCUT2D eigenvalue weighted by molar-refractivity contribution is -0.140. The largest absolute Gasteiger partial charge is 0.487 e. The minimum absolute atomic E-state index is 0.0464. The van der Waals surface area contributed by atoms with Gasteiger partial charge in [-0.05, 0) is 67.8 Å². The molecule has 186 valence electrons. The molecular formula is C26H22F6O3. The summed E-state index contributed by atoms with van der Waals surface area (Å²) < 4.78 is 93.0. The number of rotatable bonds is 6. The topological polar surface area (TPSA) is 35.5 Å². The standard InChI is InChI=1S/C26H22F6O3/c1-4-24(2,3)35-22-13-11-18(15-20(22)26(30,31)32)17-10-12-21(19(14-17)25(27,28)29)34-23(33)16-8-6-5-7-9-16/h5-15H,4H2,1-3H3. The highest BCUT2D eigenvalue weighted by atomic mass is 19.4. The molecule has 0 N–H and O–H groups in total. The predicted molar refractivity (Wildman–Crippen MR) is 118 cm³/mol. The summed E-state index contributed by atoms with van der Waals surface area (Å²) >= 11 is 0. The highest BCUT2D eigenvalue weighted by Crippen LogP contribution is 2.43. The van der Waals surface area contributed by atoms with E-state index in [1.165, 1.54) is 30.3 Å². The highest BCUT2D eigenvalue weighted by Gasteiger charge is 2.38. The quantitative estimate of drug-likeness (QED) is 0.196. The zero-order chi connectivity index (χ0) is 26.0. The Morgan fingerprint density at radius 1 is 0.743 bits per heavy atom. The Morgan fingerprint density at radius 3 is 1.71 bits per heavy atom. The molecule has 0 radical (unpaired) electrons. The van der Waals surface area contributed by atoms with E-state index in [2.05, 4.69) is 0 Å². The Morgan fingerprint density at radius 2 is 1.23 bits per heavy atom. The number of hydrogen-bond donors (Lipinski definition) is 0. The Bertz CT molecular complexity index is 1200. The van der Waals surface area contributed by atoms with Crippen molar-refractivity contribution in [3.63, 3.8) is 0 Å². The second kappa shape index (κ2) is 9.64. The summed E-state index contributed by atoms with van der Waals surface area (Å²) in [6.07, 6.45) is -9.29. The van der Waals surface area contributed by atoms with Crippen LogP contribution in [-0.2, 0) is 12.4 Å². The maximum atomic E-state index is 13.8. The van der Waals surface area contributed by atoms with Gasteiger partial charge < -0.3 is 9.47 Å².